The first kappa shape index (κ1) is 13.4. The quantitative estimate of drug-likeness (QED) is 0.874. The minimum absolute atomic E-state index is 0.00514. The zero-order valence-electron chi connectivity index (χ0n) is 10.7. The standard InChI is InChI=1S/C14H19NO2S/c1-9(2)18-8-13(17)15-14-11-6-4-3-5-10(11)7-12(14)16/h3-6,9,12,14,16H,7-8H2,1-2H3,(H,15,17)/t12-,14+/m0/s1. The van der Waals surface area contributed by atoms with E-state index in [1.165, 1.54) is 0 Å². The molecule has 0 heterocycles. The molecule has 1 aliphatic carbocycles. The summed E-state index contributed by atoms with van der Waals surface area (Å²) in [5.74, 6) is 0.442. The summed E-state index contributed by atoms with van der Waals surface area (Å²) < 4.78 is 0. The molecule has 0 fully saturated rings. The Bertz CT molecular complexity index is 434. The van der Waals surface area contributed by atoms with E-state index in [2.05, 4.69) is 19.2 Å². The molecule has 0 radical (unpaired) electrons. The Balaban J connectivity index is 1.99. The maximum Gasteiger partial charge on any atom is 0.230 e. The van der Waals surface area contributed by atoms with Crippen molar-refractivity contribution in [3.63, 3.8) is 0 Å². The van der Waals surface area contributed by atoms with Crippen LogP contribution in [0.15, 0.2) is 24.3 Å². The third-order valence-corrected chi connectivity index (χ3v) is 4.16. The largest absolute Gasteiger partial charge is 0.390 e. The molecule has 2 atom stereocenters. The van der Waals surface area contributed by atoms with E-state index in [9.17, 15) is 9.90 Å². The second-order valence-corrected chi connectivity index (χ2v) is 6.44. The summed E-state index contributed by atoms with van der Waals surface area (Å²) in [5.41, 5.74) is 2.18. The number of fused-ring (bicyclic) bond motifs is 1. The third kappa shape index (κ3) is 3.06. The minimum Gasteiger partial charge on any atom is -0.390 e. The number of aliphatic hydroxyl groups excluding tert-OH is 1. The third-order valence-electron chi connectivity index (χ3n) is 3.07. The molecular formula is C14H19NO2S. The lowest BCUT2D eigenvalue weighted by Crippen LogP contribution is -2.35. The molecule has 1 amide bonds. The Kier molecular flexibility index (Phi) is 4.30. The fourth-order valence-electron chi connectivity index (χ4n) is 2.21. The highest BCUT2D eigenvalue weighted by Crippen LogP contribution is 2.31. The van der Waals surface area contributed by atoms with Crippen molar-refractivity contribution in [3.05, 3.63) is 35.4 Å². The van der Waals surface area contributed by atoms with Crippen molar-refractivity contribution < 1.29 is 9.90 Å². The predicted octanol–water partition coefficient (Wildman–Crippen LogP) is 1.90. The molecule has 1 aromatic rings. The Morgan fingerprint density at radius 1 is 1.50 bits per heavy atom. The highest BCUT2D eigenvalue weighted by atomic mass is 32.2. The van der Waals surface area contributed by atoms with Crippen molar-refractivity contribution in [2.75, 3.05) is 5.75 Å². The Morgan fingerprint density at radius 3 is 2.94 bits per heavy atom. The van der Waals surface area contributed by atoms with Crippen LogP contribution in [0.5, 0.6) is 0 Å². The Hall–Kier alpha value is -1.00. The minimum atomic E-state index is -0.504. The molecule has 0 saturated heterocycles. The molecule has 1 aliphatic rings. The molecule has 2 rings (SSSR count). The Morgan fingerprint density at radius 2 is 2.22 bits per heavy atom. The van der Waals surface area contributed by atoms with Gasteiger partial charge in [-0.2, -0.15) is 0 Å². The molecular weight excluding hydrogens is 246 g/mol. The molecule has 3 nitrogen and oxygen atoms in total. The fourth-order valence-corrected chi connectivity index (χ4v) is 2.77. The molecule has 0 aromatic heterocycles. The summed E-state index contributed by atoms with van der Waals surface area (Å²) in [6.45, 7) is 4.13. The van der Waals surface area contributed by atoms with E-state index >= 15 is 0 Å². The highest BCUT2D eigenvalue weighted by molar-refractivity contribution is 8.00. The lowest BCUT2D eigenvalue weighted by molar-refractivity contribution is -0.120. The van der Waals surface area contributed by atoms with Crippen molar-refractivity contribution >= 4 is 17.7 Å². The second-order valence-electron chi connectivity index (χ2n) is 4.88. The normalized spacial score (nSPS) is 22.0. The molecule has 0 spiro atoms. The summed E-state index contributed by atoms with van der Waals surface area (Å²) >= 11 is 1.61. The van der Waals surface area contributed by atoms with Gasteiger partial charge < -0.3 is 10.4 Å². The van der Waals surface area contributed by atoms with Gasteiger partial charge in [0.1, 0.15) is 0 Å². The Labute approximate surface area is 112 Å². The van der Waals surface area contributed by atoms with Crippen molar-refractivity contribution in [3.8, 4) is 0 Å². The number of rotatable bonds is 4. The van der Waals surface area contributed by atoms with Crippen molar-refractivity contribution in [1.82, 2.24) is 5.32 Å². The second kappa shape index (κ2) is 5.76. The number of aliphatic hydroxyl groups is 1. The topological polar surface area (TPSA) is 49.3 Å². The number of hydrogen-bond acceptors (Lipinski definition) is 3. The van der Waals surface area contributed by atoms with Gasteiger partial charge in [-0.15, -0.1) is 11.8 Å². The van der Waals surface area contributed by atoms with Crippen molar-refractivity contribution in [2.45, 2.75) is 37.7 Å². The molecule has 1 aromatic carbocycles. The van der Waals surface area contributed by atoms with Crippen LogP contribution in [0.2, 0.25) is 0 Å². The van der Waals surface area contributed by atoms with Gasteiger partial charge >= 0.3 is 0 Å². The van der Waals surface area contributed by atoms with Gasteiger partial charge in [-0.25, -0.2) is 0 Å². The SMILES string of the molecule is CC(C)SCC(=O)N[C@@H]1c2ccccc2C[C@@H]1O. The predicted molar refractivity (Wildman–Crippen MR) is 74.6 cm³/mol. The number of benzene rings is 1. The monoisotopic (exact) mass is 265 g/mol. The highest BCUT2D eigenvalue weighted by Gasteiger charge is 2.31. The average molecular weight is 265 g/mol. The fraction of sp³-hybridized carbons (Fsp3) is 0.500. The molecule has 18 heavy (non-hydrogen) atoms. The first-order valence-corrected chi connectivity index (χ1v) is 7.29. The van der Waals surface area contributed by atoms with Crippen LogP contribution >= 0.6 is 11.8 Å². The van der Waals surface area contributed by atoms with Gasteiger partial charge in [-0.1, -0.05) is 38.1 Å². The lowest BCUT2D eigenvalue weighted by Gasteiger charge is -2.18. The number of carbonyl (C=O) groups excluding carboxylic acids is 1. The van der Waals surface area contributed by atoms with E-state index in [0.717, 1.165) is 11.1 Å². The summed E-state index contributed by atoms with van der Waals surface area (Å²) in [6, 6.07) is 7.64. The first-order chi connectivity index (χ1) is 8.58. The van der Waals surface area contributed by atoms with Crippen LogP contribution < -0.4 is 5.32 Å². The average Bonchev–Trinajstić information content (AvgIpc) is 2.64. The van der Waals surface area contributed by atoms with Crippen molar-refractivity contribution in [1.29, 1.82) is 0 Å². The van der Waals surface area contributed by atoms with Crippen LogP contribution in [-0.2, 0) is 11.2 Å². The smallest absolute Gasteiger partial charge is 0.230 e. The van der Waals surface area contributed by atoms with Gasteiger partial charge in [-0.3, -0.25) is 4.79 Å². The zero-order chi connectivity index (χ0) is 13.1. The van der Waals surface area contributed by atoms with Gasteiger partial charge in [-0.05, 0) is 16.4 Å². The van der Waals surface area contributed by atoms with Crippen LogP contribution in [0, 0.1) is 0 Å². The van der Waals surface area contributed by atoms with E-state index < -0.39 is 6.10 Å². The molecule has 0 aliphatic heterocycles. The van der Waals surface area contributed by atoms with E-state index in [0.29, 0.717) is 17.4 Å². The summed E-state index contributed by atoms with van der Waals surface area (Å²) in [4.78, 5) is 11.8. The number of amides is 1. The van der Waals surface area contributed by atoms with Crippen LogP contribution in [0.25, 0.3) is 0 Å². The van der Waals surface area contributed by atoms with E-state index in [4.69, 9.17) is 0 Å². The molecule has 0 bridgehead atoms. The van der Waals surface area contributed by atoms with Crippen LogP contribution in [-0.4, -0.2) is 28.1 Å². The summed E-state index contributed by atoms with van der Waals surface area (Å²) in [5, 5.41) is 13.4. The number of thioether (sulfide) groups is 1. The molecule has 2 N–H and O–H groups in total. The van der Waals surface area contributed by atoms with Gasteiger partial charge in [0, 0.05) is 6.42 Å². The molecule has 98 valence electrons. The molecule has 0 saturated carbocycles. The van der Waals surface area contributed by atoms with Crippen molar-refractivity contribution in [2.24, 2.45) is 0 Å². The summed E-state index contributed by atoms with van der Waals surface area (Å²) in [7, 11) is 0. The van der Waals surface area contributed by atoms with E-state index in [-0.39, 0.29) is 11.9 Å². The van der Waals surface area contributed by atoms with E-state index in [1.807, 2.05) is 24.3 Å². The zero-order valence-corrected chi connectivity index (χ0v) is 11.5. The van der Waals surface area contributed by atoms with Crippen LogP contribution in [0.3, 0.4) is 0 Å². The van der Waals surface area contributed by atoms with Crippen LogP contribution in [0.4, 0.5) is 0 Å². The van der Waals surface area contributed by atoms with Gasteiger partial charge in [0.2, 0.25) is 5.91 Å². The van der Waals surface area contributed by atoms with Gasteiger partial charge in [0.05, 0.1) is 17.9 Å². The molecule has 0 unspecified atom stereocenters. The number of nitrogens with one attached hydrogen (secondary N) is 1. The first-order valence-electron chi connectivity index (χ1n) is 6.24. The van der Waals surface area contributed by atoms with Crippen LogP contribution in [0.1, 0.15) is 31.0 Å². The summed E-state index contributed by atoms with van der Waals surface area (Å²) in [6.07, 6.45) is 0.119. The van der Waals surface area contributed by atoms with Gasteiger partial charge in [0.15, 0.2) is 0 Å². The van der Waals surface area contributed by atoms with Gasteiger partial charge in [0.25, 0.3) is 0 Å². The maximum atomic E-state index is 11.8. The molecule has 4 heteroatoms. The number of carbonyl (C=O) groups is 1. The number of hydrogen-bond donors (Lipinski definition) is 2. The maximum absolute atomic E-state index is 11.8. The van der Waals surface area contributed by atoms with E-state index in [1.54, 1.807) is 11.8 Å². The lowest BCUT2D eigenvalue weighted by atomic mass is 10.1.